The third kappa shape index (κ3) is 6.53. The van der Waals surface area contributed by atoms with E-state index in [1.165, 1.54) is 16.7 Å². The number of sulfonamides is 1. The Morgan fingerprint density at radius 3 is 2.73 bits per heavy atom. The van der Waals surface area contributed by atoms with E-state index < -0.39 is 10.0 Å². The fraction of sp³-hybridized carbons (Fsp3) is 0.500. The van der Waals surface area contributed by atoms with Gasteiger partial charge in [-0.15, -0.1) is 11.3 Å². The number of nitrogens with one attached hydrogen (secondary N) is 1. The standard InChI is InChI=1S/C22H28ClN5O3S2/c1-16-24-9-4-21(26-16)27-11-6-18(7-12-27)22(29)28-10-5-17(15-28)14-25-33(30,31)13-8-19-2-3-20(23)32-19/h2-4,8-9,13,17-18,25H,5-7,10-12,14-15H2,1H3/t17-/m0/s1. The van der Waals surface area contributed by atoms with Crippen LogP contribution in [0.15, 0.2) is 29.8 Å². The molecule has 2 saturated heterocycles. The van der Waals surface area contributed by atoms with Crippen molar-refractivity contribution in [1.82, 2.24) is 19.6 Å². The minimum Gasteiger partial charge on any atom is -0.356 e. The molecule has 11 heteroatoms. The molecule has 178 valence electrons. The fourth-order valence-electron chi connectivity index (χ4n) is 4.29. The first-order valence-electron chi connectivity index (χ1n) is 11.1. The van der Waals surface area contributed by atoms with Crippen LogP contribution in [-0.2, 0) is 14.8 Å². The van der Waals surface area contributed by atoms with Crippen molar-refractivity contribution in [2.45, 2.75) is 26.2 Å². The predicted molar refractivity (Wildman–Crippen MR) is 132 cm³/mol. The van der Waals surface area contributed by atoms with Gasteiger partial charge in [-0.1, -0.05) is 11.6 Å². The molecule has 2 aliphatic heterocycles. The van der Waals surface area contributed by atoms with Gasteiger partial charge in [-0.25, -0.2) is 23.1 Å². The Morgan fingerprint density at radius 2 is 2.03 bits per heavy atom. The van der Waals surface area contributed by atoms with E-state index in [0.717, 1.165) is 48.9 Å². The number of halogens is 1. The molecular weight excluding hydrogens is 482 g/mol. The average molecular weight is 510 g/mol. The van der Waals surface area contributed by atoms with E-state index in [-0.39, 0.29) is 17.7 Å². The Kier molecular flexibility index (Phi) is 7.68. The molecule has 0 bridgehead atoms. The van der Waals surface area contributed by atoms with Crippen LogP contribution in [0.3, 0.4) is 0 Å². The van der Waals surface area contributed by atoms with Crippen LogP contribution in [0.4, 0.5) is 5.82 Å². The molecule has 0 aromatic carbocycles. The molecule has 2 aromatic heterocycles. The lowest BCUT2D eigenvalue weighted by Gasteiger charge is -2.34. The number of carbonyl (C=O) groups is 1. The number of nitrogens with zero attached hydrogens (tertiary/aromatic N) is 4. The van der Waals surface area contributed by atoms with Crippen LogP contribution in [0.1, 0.15) is 30.0 Å². The number of carbonyl (C=O) groups excluding carboxylic acids is 1. The summed E-state index contributed by atoms with van der Waals surface area (Å²) in [4.78, 5) is 26.5. The van der Waals surface area contributed by atoms with Crippen molar-refractivity contribution in [2.24, 2.45) is 11.8 Å². The van der Waals surface area contributed by atoms with Gasteiger partial charge in [0.1, 0.15) is 11.6 Å². The molecule has 33 heavy (non-hydrogen) atoms. The summed E-state index contributed by atoms with van der Waals surface area (Å²) in [6.07, 6.45) is 5.71. The second kappa shape index (κ2) is 10.5. The van der Waals surface area contributed by atoms with Crippen LogP contribution in [0.5, 0.6) is 0 Å². The zero-order chi connectivity index (χ0) is 23.4. The lowest BCUT2D eigenvalue weighted by atomic mass is 9.95. The Bertz CT molecular complexity index is 1110. The van der Waals surface area contributed by atoms with Crippen molar-refractivity contribution in [3.8, 4) is 0 Å². The molecule has 0 spiro atoms. The average Bonchev–Trinajstić information content (AvgIpc) is 3.45. The second-order valence-electron chi connectivity index (χ2n) is 8.50. The highest BCUT2D eigenvalue weighted by Crippen LogP contribution is 2.26. The maximum Gasteiger partial charge on any atom is 0.233 e. The molecule has 1 amide bonds. The molecule has 1 atom stereocenters. The minimum atomic E-state index is -3.54. The number of likely N-dealkylation sites (tertiary alicyclic amines) is 1. The van der Waals surface area contributed by atoms with Crippen molar-refractivity contribution >= 4 is 50.8 Å². The number of hydrogen-bond acceptors (Lipinski definition) is 7. The Labute approximate surface area is 203 Å². The largest absolute Gasteiger partial charge is 0.356 e. The zero-order valence-corrected chi connectivity index (χ0v) is 20.9. The normalized spacial score (nSPS) is 20.1. The summed E-state index contributed by atoms with van der Waals surface area (Å²) in [6, 6.07) is 5.42. The van der Waals surface area contributed by atoms with Crippen molar-refractivity contribution in [1.29, 1.82) is 0 Å². The third-order valence-corrected chi connectivity index (χ3v) is 8.37. The van der Waals surface area contributed by atoms with Gasteiger partial charge in [0.2, 0.25) is 15.9 Å². The summed E-state index contributed by atoms with van der Waals surface area (Å²) >= 11 is 7.19. The highest BCUT2D eigenvalue weighted by molar-refractivity contribution is 7.92. The van der Waals surface area contributed by atoms with Crippen LogP contribution < -0.4 is 9.62 Å². The minimum absolute atomic E-state index is 0.0141. The smallest absolute Gasteiger partial charge is 0.233 e. The highest BCUT2D eigenvalue weighted by Gasteiger charge is 2.33. The molecule has 0 radical (unpaired) electrons. The number of aromatic nitrogens is 2. The summed E-state index contributed by atoms with van der Waals surface area (Å²) in [7, 11) is -3.54. The van der Waals surface area contributed by atoms with Crippen molar-refractivity contribution in [3.63, 3.8) is 0 Å². The molecule has 8 nitrogen and oxygen atoms in total. The molecule has 2 aliphatic rings. The first-order valence-corrected chi connectivity index (χ1v) is 13.8. The van der Waals surface area contributed by atoms with E-state index in [4.69, 9.17) is 11.6 Å². The number of aryl methyl sites for hydroxylation is 1. The van der Waals surface area contributed by atoms with Gasteiger partial charge in [-0.2, -0.15) is 0 Å². The molecule has 4 rings (SSSR count). The van der Waals surface area contributed by atoms with E-state index in [9.17, 15) is 13.2 Å². The van der Waals surface area contributed by atoms with E-state index in [0.29, 0.717) is 24.0 Å². The third-order valence-electron chi connectivity index (χ3n) is 6.11. The quantitative estimate of drug-likeness (QED) is 0.616. The van der Waals surface area contributed by atoms with Crippen molar-refractivity contribution in [2.75, 3.05) is 37.6 Å². The summed E-state index contributed by atoms with van der Waals surface area (Å²) in [5.74, 6) is 1.99. The van der Waals surface area contributed by atoms with Gasteiger partial charge in [0.05, 0.1) is 4.34 Å². The fourth-order valence-corrected chi connectivity index (χ4v) is 6.23. The van der Waals surface area contributed by atoms with Gasteiger partial charge in [-0.05, 0) is 56.4 Å². The van der Waals surface area contributed by atoms with Gasteiger partial charge in [-0.3, -0.25) is 4.79 Å². The lowest BCUT2D eigenvalue weighted by molar-refractivity contribution is -0.135. The van der Waals surface area contributed by atoms with Crippen LogP contribution in [0.2, 0.25) is 4.34 Å². The molecule has 0 saturated carbocycles. The van der Waals surface area contributed by atoms with Gasteiger partial charge in [0, 0.05) is 55.1 Å². The van der Waals surface area contributed by atoms with Gasteiger partial charge in [0.25, 0.3) is 0 Å². The van der Waals surface area contributed by atoms with Gasteiger partial charge >= 0.3 is 0 Å². The summed E-state index contributed by atoms with van der Waals surface area (Å²) in [6.45, 7) is 5.07. The zero-order valence-electron chi connectivity index (χ0n) is 18.5. The molecule has 1 N–H and O–H groups in total. The summed E-state index contributed by atoms with van der Waals surface area (Å²) in [5, 5.41) is 1.17. The molecule has 0 unspecified atom stereocenters. The number of hydrogen-bond donors (Lipinski definition) is 1. The van der Waals surface area contributed by atoms with Crippen LogP contribution in [-0.4, -0.2) is 61.9 Å². The van der Waals surface area contributed by atoms with Crippen LogP contribution in [0, 0.1) is 18.8 Å². The van der Waals surface area contributed by atoms with E-state index in [1.807, 2.05) is 17.9 Å². The first-order chi connectivity index (χ1) is 15.8. The SMILES string of the molecule is Cc1nccc(N2CCC(C(=O)N3CC[C@@H](CNS(=O)(=O)C=Cc4ccc(Cl)s4)C3)CC2)n1. The van der Waals surface area contributed by atoms with Crippen LogP contribution >= 0.6 is 22.9 Å². The van der Waals surface area contributed by atoms with Gasteiger partial charge < -0.3 is 9.80 Å². The number of thiophene rings is 1. The molecule has 4 heterocycles. The number of anilines is 1. The first kappa shape index (κ1) is 24.1. The van der Waals surface area contributed by atoms with Gasteiger partial charge in [0.15, 0.2) is 0 Å². The topological polar surface area (TPSA) is 95.5 Å². The number of piperidine rings is 1. The van der Waals surface area contributed by atoms with Crippen molar-refractivity contribution < 1.29 is 13.2 Å². The van der Waals surface area contributed by atoms with Crippen molar-refractivity contribution in [3.05, 3.63) is 44.8 Å². The maximum atomic E-state index is 13.0. The van der Waals surface area contributed by atoms with E-state index in [2.05, 4.69) is 19.6 Å². The number of amides is 1. The second-order valence-corrected chi connectivity index (χ2v) is 11.9. The van der Waals surface area contributed by atoms with E-state index >= 15 is 0 Å². The number of rotatable bonds is 7. The Balaban J connectivity index is 1.22. The summed E-state index contributed by atoms with van der Waals surface area (Å²) < 4.78 is 27.8. The monoisotopic (exact) mass is 509 g/mol. The Morgan fingerprint density at radius 1 is 1.24 bits per heavy atom. The maximum absolute atomic E-state index is 13.0. The lowest BCUT2D eigenvalue weighted by Crippen LogP contribution is -2.42. The van der Waals surface area contributed by atoms with Crippen LogP contribution in [0.25, 0.3) is 6.08 Å². The molecular formula is C22H28ClN5O3S2. The van der Waals surface area contributed by atoms with E-state index in [1.54, 1.807) is 24.4 Å². The highest BCUT2D eigenvalue weighted by atomic mass is 35.5. The molecule has 2 fully saturated rings. The molecule has 2 aromatic rings. The molecule has 0 aliphatic carbocycles. The Hall–Kier alpha value is -2.01. The predicted octanol–water partition coefficient (Wildman–Crippen LogP) is 3.16. The summed E-state index contributed by atoms with van der Waals surface area (Å²) in [5.41, 5.74) is 0.